The van der Waals surface area contributed by atoms with Gasteiger partial charge in [0.25, 0.3) is 0 Å². The third-order valence-corrected chi connectivity index (χ3v) is 2.92. The third kappa shape index (κ3) is 3.58. The molecule has 0 heterocycles. The minimum absolute atomic E-state index is 0.0277. The van der Waals surface area contributed by atoms with Crippen molar-refractivity contribution >= 4 is 0 Å². The van der Waals surface area contributed by atoms with E-state index in [1.807, 2.05) is 24.9 Å². The van der Waals surface area contributed by atoms with Gasteiger partial charge in [0.2, 0.25) is 0 Å². The van der Waals surface area contributed by atoms with Crippen LogP contribution in [0.1, 0.15) is 31.9 Å². The van der Waals surface area contributed by atoms with Gasteiger partial charge in [-0.25, -0.2) is 4.39 Å². The molecule has 0 saturated heterocycles. The van der Waals surface area contributed by atoms with Gasteiger partial charge in [0, 0.05) is 18.2 Å². The average molecular weight is 225 g/mol. The number of aliphatic hydroxyl groups is 1. The SMILES string of the molecule is CC(O)CCN(C)C(C)c1ccccc1F. The summed E-state index contributed by atoms with van der Waals surface area (Å²) >= 11 is 0. The number of rotatable bonds is 5. The van der Waals surface area contributed by atoms with Crippen molar-refractivity contribution in [2.24, 2.45) is 0 Å². The van der Waals surface area contributed by atoms with Crippen LogP contribution in [0.15, 0.2) is 24.3 Å². The van der Waals surface area contributed by atoms with E-state index >= 15 is 0 Å². The van der Waals surface area contributed by atoms with Crippen LogP contribution in [0.25, 0.3) is 0 Å². The predicted octanol–water partition coefficient (Wildman–Crippen LogP) is 2.59. The Morgan fingerprint density at radius 3 is 2.50 bits per heavy atom. The number of halogens is 1. The molecule has 2 nitrogen and oxygen atoms in total. The Hall–Kier alpha value is -0.930. The Kier molecular flexibility index (Phi) is 4.90. The van der Waals surface area contributed by atoms with Crippen LogP contribution in [-0.4, -0.2) is 29.7 Å². The van der Waals surface area contributed by atoms with Crippen LogP contribution in [0, 0.1) is 5.82 Å². The second kappa shape index (κ2) is 5.97. The van der Waals surface area contributed by atoms with Crippen LogP contribution in [0.2, 0.25) is 0 Å². The molecule has 1 aromatic carbocycles. The summed E-state index contributed by atoms with van der Waals surface area (Å²) < 4.78 is 13.5. The molecule has 0 amide bonds. The molecule has 90 valence electrons. The lowest BCUT2D eigenvalue weighted by atomic mass is 10.1. The first kappa shape index (κ1) is 13.1. The highest BCUT2D eigenvalue weighted by molar-refractivity contribution is 5.20. The van der Waals surface area contributed by atoms with E-state index < -0.39 is 0 Å². The van der Waals surface area contributed by atoms with Gasteiger partial charge < -0.3 is 5.11 Å². The van der Waals surface area contributed by atoms with Crippen molar-refractivity contribution in [2.45, 2.75) is 32.4 Å². The molecule has 0 radical (unpaired) electrons. The van der Waals surface area contributed by atoms with Gasteiger partial charge >= 0.3 is 0 Å². The van der Waals surface area contributed by atoms with Gasteiger partial charge in [-0.2, -0.15) is 0 Å². The van der Waals surface area contributed by atoms with Crippen LogP contribution < -0.4 is 0 Å². The maximum Gasteiger partial charge on any atom is 0.127 e. The van der Waals surface area contributed by atoms with Crippen molar-refractivity contribution in [1.29, 1.82) is 0 Å². The number of benzene rings is 1. The number of hydrogen-bond acceptors (Lipinski definition) is 2. The fraction of sp³-hybridized carbons (Fsp3) is 0.538. The minimum atomic E-state index is -0.310. The highest BCUT2D eigenvalue weighted by Crippen LogP contribution is 2.21. The molecule has 2 unspecified atom stereocenters. The molecule has 1 N–H and O–H groups in total. The lowest BCUT2D eigenvalue weighted by molar-refractivity contribution is 0.152. The molecule has 0 bridgehead atoms. The summed E-state index contributed by atoms with van der Waals surface area (Å²) in [6.07, 6.45) is 0.394. The zero-order valence-electron chi connectivity index (χ0n) is 10.2. The Labute approximate surface area is 96.7 Å². The number of aliphatic hydroxyl groups excluding tert-OH is 1. The van der Waals surface area contributed by atoms with Crippen molar-refractivity contribution in [3.05, 3.63) is 35.6 Å². The van der Waals surface area contributed by atoms with Gasteiger partial charge in [0.15, 0.2) is 0 Å². The lowest BCUT2D eigenvalue weighted by Gasteiger charge is -2.25. The van der Waals surface area contributed by atoms with Gasteiger partial charge in [0.1, 0.15) is 5.82 Å². The molecule has 1 rings (SSSR count). The molecular formula is C13H20FNO. The van der Waals surface area contributed by atoms with E-state index in [1.54, 1.807) is 19.1 Å². The van der Waals surface area contributed by atoms with E-state index in [0.717, 1.165) is 6.54 Å². The zero-order chi connectivity index (χ0) is 12.1. The van der Waals surface area contributed by atoms with Crippen molar-refractivity contribution < 1.29 is 9.50 Å². The first-order valence-electron chi connectivity index (χ1n) is 5.65. The molecule has 0 aliphatic rings. The molecular weight excluding hydrogens is 205 g/mol. The maximum atomic E-state index is 13.5. The Morgan fingerprint density at radius 2 is 1.94 bits per heavy atom. The zero-order valence-corrected chi connectivity index (χ0v) is 10.2. The predicted molar refractivity (Wildman–Crippen MR) is 63.7 cm³/mol. The van der Waals surface area contributed by atoms with Crippen molar-refractivity contribution in [3.63, 3.8) is 0 Å². The first-order chi connectivity index (χ1) is 7.52. The summed E-state index contributed by atoms with van der Waals surface area (Å²) in [5.41, 5.74) is 0.704. The fourth-order valence-electron chi connectivity index (χ4n) is 1.64. The Morgan fingerprint density at radius 1 is 1.31 bits per heavy atom. The van der Waals surface area contributed by atoms with Crippen LogP contribution in [0.4, 0.5) is 4.39 Å². The second-order valence-electron chi connectivity index (χ2n) is 4.32. The quantitative estimate of drug-likeness (QED) is 0.832. The largest absolute Gasteiger partial charge is 0.393 e. The molecule has 1 aromatic rings. The minimum Gasteiger partial charge on any atom is -0.393 e. The highest BCUT2D eigenvalue weighted by Gasteiger charge is 2.15. The monoisotopic (exact) mass is 225 g/mol. The maximum absolute atomic E-state index is 13.5. The number of hydrogen-bond donors (Lipinski definition) is 1. The van der Waals surface area contributed by atoms with Gasteiger partial charge in [0.05, 0.1) is 6.10 Å². The van der Waals surface area contributed by atoms with Crippen LogP contribution in [-0.2, 0) is 0 Å². The smallest absolute Gasteiger partial charge is 0.127 e. The van der Waals surface area contributed by atoms with Gasteiger partial charge in [-0.3, -0.25) is 4.90 Å². The Bertz CT molecular complexity index is 327. The summed E-state index contributed by atoms with van der Waals surface area (Å²) in [4.78, 5) is 2.05. The lowest BCUT2D eigenvalue weighted by Crippen LogP contribution is -2.26. The average Bonchev–Trinajstić information content (AvgIpc) is 2.25. The summed E-state index contributed by atoms with van der Waals surface area (Å²) in [7, 11) is 1.94. The molecule has 0 spiro atoms. The van der Waals surface area contributed by atoms with Crippen LogP contribution in [0.3, 0.4) is 0 Å². The second-order valence-corrected chi connectivity index (χ2v) is 4.32. The van der Waals surface area contributed by atoms with Crippen LogP contribution >= 0.6 is 0 Å². The molecule has 2 atom stereocenters. The molecule has 0 aliphatic carbocycles. The van der Waals surface area contributed by atoms with Crippen molar-refractivity contribution in [2.75, 3.05) is 13.6 Å². The molecule has 0 fully saturated rings. The Balaban J connectivity index is 2.63. The molecule has 3 heteroatoms. The van der Waals surface area contributed by atoms with Crippen LogP contribution in [0.5, 0.6) is 0 Å². The van der Waals surface area contributed by atoms with Crippen molar-refractivity contribution in [3.8, 4) is 0 Å². The van der Waals surface area contributed by atoms with Gasteiger partial charge in [-0.1, -0.05) is 18.2 Å². The van der Waals surface area contributed by atoms with E-state index in [-0.39, 0.29) is 18.0 Å². The topological polar surface area (TPSA) is 23.5 Å². The number of nitrogens with zero attached hydrogens (tertiary/aromatic N) is 1. The summed E-state index contributed by atoms with van der Waals surface area (Å²) in [5.74, 6) is -0.168. The fourth-order valence-corrected chi connectivity index (χ4v) is 1.64. The van der Waals surface area contributed by atoms with E-state index in [9.17, 15) is 9.50 Å². The molecule has 0 aromatic heterocycles. The van der Waals surface area contributed by atoms with E-state index in [2.05, 4.69) is 0 Å². The summed E-state index contributed by atoms with van der Waals surface area (Å²) in [6.45, 7) is 4.50. The first-order valence-corrected chi connectivity index (χ1v) is 5.65. The van der Waals surface area contributed by atoms with E-state index in [0.29, 0.717) is 12.0 Å². The third-order valence-electron chi connectivity index (χ3n) is 2.92. The van der Waals surface area contributed by atoms with Gasteiger partial charge in [-0.15, -0.1) is 0 Å². The van der Waals surface area contributed by atoms with Gasteiger partial charge in [-0.05, 0) is 33.4 Å². The molecule has 16 heavy (non-hydrogen) atoms. The summed E-state index contributed by atoms with van der Waals surface area (Å²) in [6, 6.07) is 6.85. The van der Waals surface area contributed by atoms with E-state index in [1.165, 1.54) is 6.07 Å². The van der Waals surface area contributed by atoms with Crippen molar-refractivity contribution in [1.82, 2.24) is 4.90 Å². The molecule has 0 aliphatic heterocycles. The normalized spacial score (nSPS) is 15.1. The highest BCUT2D eigenvalue weighted by atomic mass is 19.1. The molecule has 0 saturated carbocycles. The van der Waals surface area contributed by atoms with E-state index in [4.69, 9.17) is 0 Å². The standard InChI is InChI=1S/C13H20FNO/c1-10(16)8-9-15(3)11(2)12-6-4-5-7-13(12)14/h4-7,10-11,16H,8-9H2,1-3H3. The summed E-state index contributed by atoms with van der Waals surface area (Å²) in [5, 5.41) is 9.21.